The molecule has 3 heterocycles. The van der Waals surface area contributed by atoms with Gasteiger partial charge in [0, 0.05) is 31.1 Å². The molecule has 1 saturated heterocycles. The van der Waals surface area contributed by atoms with Crippen LogP contribution in [0, 0.1) is 17.2 Å². The van der Waals surface area contributed by atoms with Crippen molar-refractivity contribution in [3.8, 4) is 11.4 Å². The lowest BCUT2D eigenvalue weighted by atomic mass is 9.80. The maximum Gasteiger partial charge on any atom is 0.279 e. The Kier molecular flexibility index (Phi) is 7.55. The molecular formula is C20H25F4N7S. The molecule has 1 aliphatic heterocycles. The molecule has 7 nitrogen and oxygen atoms in total. The molecule has 3 N–H and O–H groups in total. The molecule has 0 bridgehead atoms. The molecule has 1 fully saturated rings. The second-order valence-corrected chi connectivity index (χ2v) is 8.36. The van der Waals surface area contributed by atoms with Crippen molar-refractivity contribution in [2.75, 3.05) is 24.2 Å². The van der Waals surface area contributed by atoms with E-state index in [1.54, 1.807) is 19.2 Å². The monoisotopic (exact) mass is 471 g/mol. The summed E-state index contributed by atoms with van der Waals surface area (Å²) in [5, 5.41) is 7.16. The van der Waals surface area contributed by atoms with E-state index < -0.39 is 35.9 Å². The number of hydrogen-bond acceptors (Lipinski definition) is 7. The molecule has 12 heteroatoms. The summed E-state index contributed by atoms with van der Waals surface area (Å²) in [4.78, 5) is 17.4. The summed E-state index contributed by atoms with van der Waals surface area (Å²) in [7, 11) is 0. The van der Waals surface area contributed by atoms with Crippen LogP contribution in [0.15, 0.2) is 24.7 Å². The van der Waals surface area contributed by atoms with Crippen LogP contribution in [0.1, 0.15) is 19.7 Å². The molecule has 0 aromatic carbocycles. The standard InChI is InChI=1S/C20H25F4N7S/c1-11-9-31(12(2)13(7-29-32-3)20(11,23)24)18-6-15(27-10-28-18)16-8-26-17(30-16)5-4-14(25)19(21)22/h4-6,8,10-13,19,25,29H,7,9H2,1-3H3,(H,26,30)/b5-4-,25-14?. The van der Waals surface area contributed by atoms with Crippen molar-refractivity contribution in [2.45, 2.75) is 32.2 Å². The number of piperidine rings is 1. The zero-order valence-corrected chi connectivity index (χ0v) is 18.6. The van der Waals surface area contributed by atoms with E-state index in [2.05, 4.69) is 24.7 Å². The van der Waals surface area contributed by atoms with Crippen LogP contribution in [0.2, 0.25) is 0 Å². The van der Waals surface area contributed by atoms with Crippen molar-refractivity contribution < 1.29 is 17.6 Å². The molecule has 3 unspecified atom stereocenters. The van der Waals surface area contributed by atoms with Crippen molar-refractivity contribution in [3.63, 3.8) is 0 Å². The largest absolute Gasteiger partial charge is 0.353 e. The fourth-order valence-electron chi connectivity index (χ4n) is 3.71. The van der Waals surface area contributed by atoms with E-state index in [9.17, 15) is 17.6 Å². The van der Waals surface area contributed by atoms with Gasteiger partial charge in [-0.1, -0.05) is 18.9 Å². The zero-order valence-electron chi connectivity index (χ0n) is 17.8. The number of nitrogens with zero attached hydrogens (tertiary/aromatic N) is 4. The molecule has 3 rings (SSSR count). The number of anilines is 1. The van der Waals surface area contributed by atoms with E-state index in [0.717, 1.165) is 6.08 Å². The Morgan fingerprint density at radius 3 is 2.81 bits per heavy atom. The number of allylic oxidation sites excluding steroid dienone is 1. The van der Waals surface area contributed by atoms with Crippen LogP contribution >= 0.6 is 11.9 Å². The lowest BCUT2D eigenvalue weighted by Crippen LogP contribution is -2.60. The zero-order chi connectivity index (χ0) is 23.5. The van der Waals surface area contributed by atoms with Gasteiger partial charge in [0.1, 0.15) is 18.0 Å². The minimum Gasteiger partial charge on any atom is -0.353 e. The second-order valence-electron chi connectivity index (χ2n) is 7.66. The van der Waals surface area contributed by atoms with Gasteiger partial charge in [-0.25, -0.2) is 32.5 Å². The van der Waals surface area contributed by atoms with Crippen LogP contribution in [0.3, 0.4) is 0 Å². The van der Waals surface area contributed by atoms with Gasteiger partial charge in [0.05, 0.1) is 29.2 Å². The van der Waals surface area contributed by atoms with Crippen LogP contribution in [-0.2, 0) is 0 Å². The lowest BCUT2D eigenvalue weighted by Gasteiger charge is -2.47. The molecular weight excluding hydrogens is 446 g/mol. The molecule has 0 aliphatic carbocycles. The number of alkyl halides is 4. The Bertz CT molecular complexity index is 965. The Balaban J connectivity index is 1.84. The van der Waals surface area contributed by atoms with E-state index in [1.165, 1.54) is 37.5 Å². The maximum absolute atomic E-state index is 14.9. The topological polar surface area (TPSA) is 93.6 Å². The predicted molar refractivity (Wildman–Crippen MR) is 118 cm³/mol. The van der Waals surface area contributed by atoms with Crippen molar-refractivity contribution in [2.24, 2.45) is 11.8 Å². The molecule has 3 atom stereocenters. The minimum atomic E-state index is -2.86. The molecule has 32 heavy (non-hydrogen) atoms. The van der Waals surface area contributed by atoms with E-state index in [1.807, 2.05) is 4.90 Å². The highest BCUT2D eigenvalue weighted by atomic mass is 32.2. The minimum absolute atomic E-state index is 0.146. The Morgan fingerprint density at radius 2 is 2.12 bits per heavy atom. The number of nitrogens with one attached hydrogen (secondary N) is 3. The Labute approximate surface area is 187 Å². The fourth-order valence-corrected chi connectivity index (χ4v) is 4.06. The van der Waals surface area contributed by atoms with Gasteiger partial charge >= 0.3 is 0 Å². The van der Waals surface area contributed by atoms with Gasteiger partial charge < -0.3 is 9.88 Å². The molecule has 2 aromatic heterocycles. The number of imidazole rings is 1. The highest BCUT2D eigenvalue weighted by Gasteiger charge is 2.53. The molecule has 1 aliphatic rings. The summed E-state index contributed by atoms with van der Waals surface area (Å²) in [5.41, 5.74) is 0.186. The highest BCUT2D eigenvalue weighted by molar-refractivity contribution is 7.96. The first-order valence-corrected chi connectivity index (χ1v) is 11.2. The van der Waals surface area contributed by atoms with Gasteiger partial charge in [-0.05, 0) is 25.3 Å². The van der Waals surface area contributed by atoms with E-state index in [0.29, 0.717) is 17.2 Å². The van der Waals surface area contributed by atoms with Gasteiger partial charge in [-0.2, -0.15) is 0 Å². The van der Waals surface area contributed by atoms with Crippen molar-refractivity contribution in [3.05, 3.63) is 30.5 Å². The number of hydrogen-bond donors (Lipinski definition) is 3. The first-order valence-electron chi connectivity index (χ1n) is 9.97. The van der Waals surface area contributed by atoms with Crippen molar-refractivity contribution >= 4 is 29.6 Å². The van der Waals surface area contributed by atoms with Crippen LogP contribution in [0.4, 0.5) is 23.4 Å². The summed E-state index contributed by atoms with van der Waals surface area (Å²) in [5.74, 6) is -3.77. The highest BCUT2D eigenvalue weighted by Crippen LogP contribution is 2.42. The molecule has 0 saturated carbocycles. The van der Waals surface area contributed by atoms with E-state index in [-0.39, 0.29) is 18.9 Å². The SMILES string of the molecule is CSNCC1C(C)N(c2cc(-c3cnc(/C=C\C(=N)C(F)F)[nH]3)ncn2)CC(C)C1(F)F. The summed E-state index contributed by atoms with van der Waals surface area (Å²) < 4.78 is 57.6. The predicted octanol–water partition coefficient (Wildman–Crippen LogP) is 4.13. The summed E-state index contributed by atoms with van der Waals surface area (Å²) in [6, 6.07) is 1.22. The number of aromatic nitrogens is 4. The van der Waals surface area contributed by atoms with Crippen LogP contribution in [-0.4, -0.2) is 63.4 Å². The molecule has 0 radical (unpaired) electrons. The third-order valence-electron chi connectivity index (χ3n) is 5.62. The van der Waals surface area contributed by atoms with E-state index in [4.69, 9.17) is 5.41 Å². The maximum atomic E-state index is 14.9. The number of aromatic amines is 1. The quantitative estimate of drug-likeness (QED) is 0.305. The molecule has 2 aromatic rings. The first-order chi connectivity index (χ1) is 15.1. The summed E-state index contributed by atoms with van der Waals surface area (Å²) in [6.07, 6.45) is 4.03. The third-order valence-corrected chi connectivity index (χ3v) is 6.07. The number of halogens is 4. The van der Waals surface area contributed by atoms with Crippen LogP contribution in [0.5, 0.6) is 0 Å². The van der Waals surface area contributed by atoms with Gasteiger partial charge in [0.15, 0.2) is 0 Å². The number of rotatable bonds is 8. The fraction of sp³-hybridized carbons (Fsp3) is 0.500. The second kappa shape index (κ2) is 9.99. The molecule has 0 amide bonds. The van der Waals surface area contributed by atoms with Crippen molar-refractivity contribution in [1.29, 1.82) is 5.41 Å². The third kappa shape index (κ3) is 5.12. The Hall–Kier alpha value is -2.47. The van der Waals surface area contributed by atoms with Crippen LogP contribution < -0.4 is 9.62 Å². The molecule has 174 valence electrons. The summed E-state index contributed by atoms with van der Waals surface area (Å²) >= 11 is 1.31. The Morgan fingerprint density at radius 1 is 1.38 bits per heavy atom. The summed E-state index contributed by atoms with van der Waals surface area (Å²) in [6.45, 7) is 3.62. The average Bonchev–Trinajstić information content (AvgIpc) is 3.23. The van der Waals surface area contributed by atoms with Gasteiger partial charge in [-0.3, -0.25) is 10.1 Å². The van der Waals surface area contributed by atoms with E-state index >= 15 is 0 Å². The van der Waals surface area contributed by atoms with Gasteiger partial charge in [0.2, 0.25) is 0 Å². The van der Waals surface area contributed by atoms with Gasteiger partial charge in [0.25, 0.3) is 12.3 Å². The number of H-pyrrole nitrogens is 1. The normalized spacial score (nSPS) is 23.2. The van der Waals surface area contributed by atoms with Gasteiger partial charge in [-0.15, -0.1) is 0 Å². The van der Waals surface area contributed by atoms with Crippen molar-refractivity contribution in [1.82, 2.24) is 24.7 Å². The smallest absolute Gasteiger partial charge is 0.279 e. The lowest BCUT2D eigenvalue weighted by molar-refractivity contribution is -0.120. The first kappa shape index (κ1) is 24.2. The molecule has 0 spiro atoms. The average molecular weight is 472 g/mol. The van der Waals surface area contributed by atoms with Crippen LogP contribution in [0.25, 0.3) is 17.5 Å².